The molecule has 1 saturated heterocycles. The van der Waals surface area contributed by atoms with Crippen LogP contribution in [0.1, 0.15) is 24.0 Å². The molecule has 1 aliphatic heterocycles. The molecule has 31 heavy (non-hydrogen) atoms. The fourth-order valence-corrected chi connectivity index (χ4v) is 3.35. The number of carboxylic acids is 1. The van der Waals surface area contributed by atoms with Gasteiger partial charge < -0.3 is 24.4 Å². The second-order valence-electron chi connectivity index (χ2n) is 7.38. The Bertz CT molecular complexity index is 893. The van der Waals surface area contributed by atoms with Crippen LogP contribution in [0, 0.1) is 0 Å². The van der Waals surface area contributed by atoms with Gasteiger partial charge >= 0.3 is 12.1 Å². The third-order valence-electron chi connectivity index (χ3n) is 4.93. The molecule has 1 heterocycles. The first kappa shape index (κ1) is 22.9. The van der Waals surface area contributed by atoms with Gasteiger partial charge in [-0.2, -0.15) is 13.2 Å². The van der Waals surface area contributed by atoms with Crippen molar-refractivity contribution in [1.82, 2.24) is 0 Å². The molecule has 6 nitrogen and oxygen atoms in total. The molecule has 168 valence electrons. The van der Waals surface area contributed by atoms with E-state index in [-0.39, 0.29) is 25.4 Å². The number of carbonyl (C=O) groups is 1. The van der Waals surface area contributed by atoms with Crippen LogP contribution in [0.3, 0.4) is 0 Å². The normalized spacial score (nSPS) is 19.7. The number of ether oxygens (including phenoxy) is 3. The molecule has 1 fully saturated rings. The maximum absolute atomic E-state index is 12.7. The Morgan fingerprint density at radius 2 is 1.74 bits per heavy atom. The summed E-state index contributed by atoms with van der Waals surface area (Å²) in [5.41, 5.74) is -1.36. The van der Waals surface area contributed by atoms with E-state index in [0.717, 1.165) is 17.7 Å². The number of benzene rings is 2. The molecule has 1 aliphatic rings. The van der Waals surface area contributed by atoms with Gasteiger partial charge in [0.15, 0.2) is 5.60 Å². The lowest BCUT2D eigenvalue weighted by atomic mass is 9.91. The van der Waals surface area contributed by atoms with E-state index < -0.39 is 29.4 Å². The highest BCUT2D eigenvalue weighted by Crippen LogP contribution is 2.32. The maximum atomic E-state index is 12.7. The van der Waals surface area contributed by atoms with E-state index in [1.807, 2.05) is 0 Å². The molecule has 0 aromatic heterocycles. The highest BCUT2D eigenvalue weighted by Gasteiger charge is 2.43. The van der Waals surface area contributed by atoms with Crippen LogP contribution < -0.4 is 9.47 Å². The van der Waals surface area contributed by atoms with Gasteiger partial charge in [-0.15, -0.1) is 0 Å². The van der Waals surface area contributed by atoms with Crippen LogP contribution in [-0.4, -0.2) is 47.7 Å². The SMILES string of the molecule is O=C(O)C1(Cc2cccc(OCC(O)COc3cccc(C(F)(F)F)c3)c2)CCCO1. The zero-order chi connectivity index (χ0) is 22.5. The number of rotatable bonds is 9. The van der Waals surface area contributed by atoms with Crippen molar-refractivity contribution in [3.63, 3.8) is 0 Å². The summed E-state index contributed by atoms with van der Waals surface area (Å²) in [5, 5.41) is 19.6. The Hall–Kier alpha value is -2.78. The quantitative estimate of drug-likeness (QED) is 0.619. The number of aliphatic hydroxyl groups excluding tert-OH is 1. The molecule has 0 radical (unpaired) electrons. The van der Waals surface area contributed by atoms with Crippen LogP contribution in [0.4, 0.5) is 13.2 Å². The van der Waals surface area contributed by atoms with E-state index in [2.05, 4.69) is 0 Å². The lowest BCUT2D eigenvalue weighted by molar-refractivity contribution is -0.159. The van der Waals surface area contributed by atoms with Gasteiger partial charge in [0.1, 0.15) is 30.8 Å². The second-order valence-corrected chi connectivity index (χ2v) is 7.38. The second kappa shape index (κ2) is 9.57. The first-order valence-electron chi connectivity index (χ1n) is 9.75. The van der Waals surface area contributed by atoms with Crippen LogP contribution in [0.5, 0.6) is 11.5 Å². The average molecular weight is 440 g/mol. The van der Waals surface area contributed by atoms with Crippen molar-refractivity contribution >= 4 is 5.97 Å². The maximum Gasteiger partial charge on any atom is 0.416 e. The fourth-order valence-electron chi connectivity index (χ4n) is 3.35. The molecule has 0 spiro atoms. The fraction of sp³-hybridized carbons (Fsp3) is 0.409. The van der Waals surface area contributed by atoms with Gasteiger partial charge in [0.05, 0.1) is 5.56 Å². The summed E-state index contributed by atoms with van der Waals surface area (Å²) >= 11 is 0. The zero-order valence-electron chi connectivity index (χ0n) is 16.6. The smallest absolute Gasteiger partial charge is 0.416 e. The summed E-state index contributed by atoms with van der Waals surface area (Å²) in [7, 11) is 0. The molecule has 0 saturated carbocycles. The van der Waals surface area contributed by atoms with Crippen molar-refractivity contribution < 1.29 is 42.4 Å². The average Bonchev–Trinajstić information content (AvgIpc) is 3.20. The third kappa shape index (κ3) is 6.11. The van der Waals surface area contributed by atoms with Gasteiger partial charge in [0.2, 0.25) is 0 Å². The Morgan fingerprint density at radius 3 is 2.32 bits per heavy atom. The largest absolute Gasteiger partial charge is 0.491 e. The van der Waals surface area contributed by atoms with Crippen LogP contribution >= 0.6 is 0 Å². The van der Waals surface area contributed by atoms with E-state index >= 15 is 0 Å². The molecule has 9 heteroatoms. The summed E-state index contributed by atoms with van der Waals surface area (Å²) < 4.78 is 54.5. The summed E-state index contributed by atoms with van der Waals surface area (Å²) in [4.78, 5) is 11.6. The van der Waals surface area contributed by atoms with Crippen molar-refractivity contribution in [2.75, 3.05) is 19.8 Å². The van der Waals surface area contributed by atoms with E-state index in [1.165, 1.54) is 12.1 Å². The van der Waals surface area contributed by atoms with E-state index in [1.54, 1.807) is 24.3 Å². The summed E-state index contributed by atoms with van der Waals surface area (Å²) in [6, 6.07) is 11.2. The molecular formula is C22H23F3O6. The summed E-state index contributed by atoms with van der Waals surface area (Å²) in [5.74, 6) is -0.584. The minimum absolute atomic E-state index is 0.00796. The van der Waals surface area contributed by atoms with E-state index in [9.17, 15) is 28.2 Å². The van der Waals surface area contributed by atoms with Gasteiger partial charge in [-0.3, -0.25) is 0 Å². The van der Waals surface area contributed by atoms with Crippen molar-refractivity contribution in [3.8, 4) is 11.5 Å². The minimum Gasteiger partial charge on any atom is -0.491 e. The number of alkyl halides is 3. The molecule has 0 bridgehead atoms. The molecule has 0 amide bonds. The highest BCUT2D eigenvalue weighted by molar-refractivity contribution is 5.78. The number of aliphatic carboxylic acids is 1. The van der Waals surface area contributed by atoms with Gasteiger partial charge in [-0.05, 0) is 48.7 Å². The van der Waals surface area contributed by atoms with Crippen LogP contribution in [-0.2, 0) is 22.1 Å². The highest BCUT2D eigenvalue weighted by atomic mass is 19.4. The summed E-state index contributed by atoms with van der Waals surface area (Å²) in [6.45, 7) is 0.000512. The molecule has 2 N–H and O–H groups in total. The van der Waals surface area contributed by atoms with Crippen molar-refractivity contribution in [2.24, 2.45) is 0 Å². The first-order chi connectivity index (χ1) is 14.7. The molecule has 2 aromatic rings. The standard InChI is InChI=1S/C22H23F3O6/c23-22(24,25)16-5-2-7-19(11-16)30-14-17(26)13-29-18-6-1-4-15(10-18)12-21(20(27)28)8-3-9-31-21/h1-2,4-7,10-11,17,26H,3,8-9,12-14H2,(H,27,28). The molecule has 2 aromatic carbocycles. The van der Waals surface area contributed by atoms with Gasteiger partial charge in [0, 0.05) is 13.0 Å². The molecule has 3 rings (SSSR count). The lowest BCUT2D eigenvalue weighted by Gasteiger charge is -2.23. The van der Waals surface area contributed by atoms with Crippen molar-refractivity contribution in [3.05, 3.63) is 59.7 Å². The molecule has 0 aliphatic carbocycles. The molecular weight excluding hydrogens is 417 g/mol. The summed E-state index contributed by atoms with van der Waals surface area (Å²) in [6.07, 6.45) is -4.25. The predicted molar refractivity (Wildman–Crippen MR) is 104 cm³/mol. The Kier molecular flexibility index (Phi) is 7.07. The van der Waals surface area contributed by atoms with E-state index in [4.69, 9.17) is 14.2 Å². The Morgan fingerprint density at radius 1 is 1.10 bits per heavy atom. The van der Waals surface area contributed by atoms with Crippen LogP contribution in [0.15, 0.2) is 48.5 Å². The van der Waals surface area contributed by atoms with Gasteiger partial charge in [0.25, 0.3) is 0 Å². The van der Waals surface area contributed by atoms with E-state index in [0.29, 0.717) is 25.2 Å². The zero-order valence-corrected chi connectivity index (χ0v) is 16.6. The molecule has 2 atom stereocenters. The van der Waals surface area contributed by atoms with Gasteiger partial charge in [-0.1, -0.05) is 18.2 Å². The minimum atomic E-state index is -4.48. The number of carboxylic acid groups (broad SMARTS) is 1. The van der Waals surface area contributed by atoms with Crippen molar-refractivity contribution in [2.45, 2.75) is 37.1 Å². The monoisotopic (exact) mass is 440 g/mol. The number of halogens is 3. The number of hydrogen-bond acceptors (Lipinski definition) is 5. The number of hydrogen-bond donors (Lipinski definition) is 2. The lowest BCUT2D eigenvalue weighted by Crippen LogP contribution is -2.40. The van der Waals surface area contributed by atoms with Crippen molar-refractivity contribution in [1.29, 1.82) is 0 Å². The number of aliphatic hydroxyl groups is 1. The first-order valence-corrected chi connectivity index (χ1v) is 9.75. The van der Waals surface area contributed by atoms with Crippen LogP contribution in [0.2, 0.25) is 0 Å². The Balaban J connectivity index is 1.52. The molecule has 2 unspecified atom stereocenters. The van der Waals surface area contributed by atoms with Crippen LogP contribution in [0.25, 0.3) is 0 Å². The van der Waals surface area contributed by atoms with Gasteiger partial charge in [-0.25, -0.2) is 4.79 Å². The Labute approximate surface area is 177 Å². The predicted octanol–water partition coefficient (Wildman–Crippen LogP) is 3.70. The third-order valence-corrected chi connectivity index (χ3v) is 4.93. The topological polar surface area (TPSA) is 85.2 Å².